The summed E-state index contributed by atoms with van der Waals surface area (Å²) in [6, 6.07) is 0. The zero-order valence-electron chi connectivity index (χ0n) is 11.0. The second-order valence-corrected chi connectivity index (χ2v) is 2.55. The van der Waals surface area contributed by atoms with Crippen molar-refractivity contribution in [2.75, 3.05) is 0 Å². The topological polar surface area (TPSA) is 34.1 Å². The summed E-state index contributed by atoms with van der Waals surface area (Å²) >= 11 is 0. The third-order valence-electron chi connectivity index (χ3n) is 0.471. The zero-order chi connectivity index (χ0) is 8.57. The van der Waals surface area contributed by atoms with E-state index in [1.54, 1.807) is 40.3 Å². The van der Waals surface area contributed by atoms with Crippen molar-refractivity contribution in [1.29, 1.82) is 0 Å². The Hall–Kier alpha value is 7.07. The average Bonchev–Trinajstić information content (AvgIpc) is 1.89. The molecular weight excluding hydrogens is 750 g/mol. The van der Waals surface area contributed by atoms with E-state index in [9.17, 15) is 9.59 Å². The first-order valence-corrected chi connectivity index (χ1v) is 3.29. The van der Waals surface area contributed by atoms with Crippen molar-refractivity contribution in [3.63, 3.8) is 0 Å². The minimum atomic E-state index is 0. The van der Waals surface area contributed by atoms with E-state index in [1.165, 1.54) is 0 Å². The third kappa shape index (κ3) is 83.6. The van der Waals surface area contributed by atoms with Gasteiger partial charge in [0, 0.05) is 229 Å². The Morgan fingerprint density at radius 1 is 0.529 bits per heavy atom. The van der Waals surface area contributed by atoms with Gasteiger partial charge in [0.15, 0.2) is 0 Å². The molecule has 9 heteroatoms. The summed E-state index contributed by atoms with van der Waals surface area (Å²) in [5.74, 6) is 0.157. The maximum Gasteiger partial charge on any atom is 0 e. The van der Waals surface area contributed by atoms with Crippen molar-refractivity contribution in [2.45, 2.75) is 27.7 Å². The molecule has 0 spiro atoms. The Bertz CT molecular complexity index is 89.9. The van der Waals surface area contributed by atoms with Crippen LogP contribution in [-0.4, -0.2) is 12.6 Å². The van der Waals surface area contributed by atoms with Crippen molar-refractivity contribution in [3.8, 4) is 0 Å². The van der Waals surface area contributed by atoms with Gasteiger partial charge < -0.3 is 9.59 Å². The monoisotopic (exact) mass is 764 g/mol. The first kappa shape index (κ1) is 56.4. The van der Waals surface area contributed by atoms with Gasteiger partial charge in [0.05, 0.1) is 0 Å². The molecule has 0 saturated heterocycles. The van der Waals surface area contributed by atoms with Crippen LogP contribution in [0.3, 0.4) is 0 Å². The van der Waals surface area contributed by atoms with Gasteiger partial charge in [0.25, 0.3) is 0 Å². The molecule has 0 aliphatic carbocycles. The van der Waals surface area contributed by atoms with Gasteiger partial charge in [0.1, 0.15) is 0 Å². The smallest absolute Gasteiger partial charge is 0 e. The fourth-order valence-electron chi connectivity index (χ4n) is 0. The Morgan fingerprint density at radius 2 is 0.588 bits per heavy atom. The van der Waals surface area contributed by atoms with Gasteiger partial charge in [-0.1, -0.05) is 27.7 Å². The molecule has 0 heterocycles. The van der Waals surface area contributed by atoms with Crippen molar-refractivity contribution < 1.29 is 239 Å². The minimum absolute atomic E-state index is 0. The molecule has 0 rings (SSSR count). The zero-order valence-corrected chi connectivity index (χ0v) is 30.9. The van der Waals surface area contributed by atoms with Crippen molar-refractivity contribution in [1.82, 2.24) is 0 Å². The van der Waals surface area contributed by atoms with Crippen molar-refractivity contribution >= 4 is 12.6 Å². The molecular formula is C8H14O2Y7-2. The van der Waals surface area contributed by atoms with Crippen LogP contribution < -0.4 is 0 Å². The molecule has 0 aromatic carbocycles. The van der Waals surface area contributed by atoms with Gasteiger partial charge >= 0.3 is 0 Å². The Balaban J connectivity index is -0.00000000762. The molecule has 0 fully saturated rings. The first-order chi connectivity index (χ1) is 4.54. The van der Waals surface area contributed by atoms with E-state index >= 15 is 0 Å². The van der Waals surface area contributed by atoms with Crippen LogP contribution in [0, 0.1) is 11.8 Å². The van der Waals surface area contributed by atoms with E-state index in [4.69, 9.17) is 0 Å². The third-order valence-corrected chi connectivity index (χ3v) is 0.471. The first-order valence-electron chi connectivity index (χ1n) is 3.29. The molecule has 0 bridgehead atoms. The van der Waals surface area contributed by atoms with Crippen LogP contribution in [0.1, 0.15) is 27.7 Å². The largest absolute Gasteiger partial charge is 0.542 e. The summed E-state index contributed by atoms with van der Waals surface area (Å²) in [7, 11) is 0. The Kier molecular flexibility index (Phi) is 164. The maximum absolute atomic E-state index is 9.38. The van der Waals surface area contributed by atoms with Gasteiger partial charge in [-0.05, 0) is 0 Å². The van der Waals surface area contributed by atoms with Gasteiger partial charge in [-0.3, -0.25) is 12.6 Å². The quantitative estimate of drug-likeness (QED) is 0.400. The van der Waals surface area contributed by atoms with E-state index in [0.717, 1.165) is 0 Å². The minimum Gasteiger partial charge on any atom is -0.542 e. The normalized spacial score (nSPS) is 5.06. The molecule has 0 unspecified atom stereocenters. The summed E-state index contributed by atoms with van der Waals surface area (Å²) < 4.78 is 0. The van der Waals surface area contributed by atoms with E-state index in [1.807, 2.05) is 0 Å². The van der Waals surface area contributed by atoms with Gasteiger partial charge in [-0.15, -0.1) is 11.8 Å². The van der Waals surface area contributed by atoms with Crippen LogP contribution in [-0.2, 0) is 239 Å². The number of carbonyl (C=O) groups excluding carboxylic acids is 2. The molecule has 0 aliphatic heterocycles. The van der Waals surface area contributed by atoms with Crippen LogP contribution in [0.4, 0.5) is 0 Å². The predicted molar refractivity (Wildman–Crippen MR) is 41.1 cm³/mol. The molecule has 0 aliphatic rings. The molecule has 7 radical (unpaired) electrons. The van der Waals surface area contributed by atoms with Gasteiger partial charge in [0.2, 0.25) is 0 Å². The summed E-state index contributed by atoms with van der Waals surface area (Å²) in [4.78, 5) is 18.8. The molecule has 0 saturated carbocycles. The molecule has 0 aromatic heterocycles. The Morgan fingerprint density at radius 3 is 0.588 bits per heavy atom. The summed E-state index contributed by atoms with van der Waals surface area (Å²) in [5.41, 5.74) is 0. The molecule has 17 heavy (non-hydrogen) atoms. The summed E-state index contributed by atoms with van der Waals surface area (Å²) in [6.45, 7) is 7.19. The van der Waals surface area contributed by atoms with Crippen LogP contribution >= 0.6 is 0 Å². The maximum atomic E-state index is 9.38. The van der Waals surface area contributed by atoms with E-state index in [-0.39, 0.29) is 241 Å². The van der Waals surface area contributed by atoms with Crippen molar-refractivity contribution in [3.05, 3.63) is 0 Å². The second kappa shape index (κ2) is 49.5. The number of hydrogen-bond donors (Lipinski definition) is 0. The van der Waals surface area contributed by atoms with E-state index in [0.29, 0.717) is 0 Å². The van der Waals surface area contributed by atoms with Crippen molar-refractivity contribution in [2.24, 2.45) is 11.8 Å². The van der Waals surface area contributed by atoms with Crippen LogP contribution in [0.5, 0.6) is 0 Å². The summed E-state index contributed by atoms with van der Waals surface area (Å²) in [6.07, 6.45) is 3.56. The van der Waals surface area contributed by atoms with Crippen LogP contribution in [0.15, 0.2) is 0 Å². The fraction of sp³-hybridized carbons (Fsp3) is 0.750. The van der Waals surface area contributed by atoms with Crippen LogP contribution in [0.2, 0.25) is 0 Å². The average molecular weight is 765 g/mol. The molecule has 0 N–H and O–H groups in total. The van der Waals surface area contributed by atoms with E-state index < -0.39 is 0 Å². The predicted octanol–water partition coefficient (Wildman–Crippen LogP) is 1.49. The van der Waals surface area contributed by atoms with Gasteiger partial charge in [-0.25, -0.2) is 0 Å². The van der Waals surface area contributed by atoms with Gasteiger partial charge in [-0.2, -0.15) is 0 Å². The Labute approximate surface area is 282 Å². The molecule has 0 atom stereocenters. The van der Waals surface area contributed by atoms with E-state index in [2.05, 4.69) is 0 Å². The molecule has 2 nitrogen and oxygen atoms in total. The molecule has 81 valence electrons. The summed E-state index contributed by atoms with van der Waals surface area (Å²) in [5, 5.41) is 0. The second-order valence-electron chi connectivity index (χ2n) is 2.55. The molecule has 0 aromatic rings. The molecule has 0 amide bonds. The van der Waals surface area contributed by atoms with Crippen LogP contribution in [0.25, 0.3) is 0 Å². The fourth-order valence-corrected chi connectivity index (χ4v) is 0. The standard InChI is InChI=1S/2C4H7O.7Y/c2*1-4(2)3-5;;;;;;;/h2*4H,1-2H3;;;;;;;/q2*-1;;;;;;;. The number of hydrogen-bond acceptors (Lipinski definition) is 2. The number of rotatable bonds is 2. The SMILES string of the molecule is CC(C)[C-]=O.CC(C)[C-]=O.[Y].[Y].[Y].[Y].[Y].[Y].[Y].